The molecule has 1 heterocycles. The van der Waals surface area contributed by atoms with Gasteiger partial charge in [-0.2, -0.15) is 15.8 Å². The third-order valence-corrected chi connectivity index (χ3v) is 5.79. The number of nitrogens with one attached hydrogen (secondary N) is 1. The third-order valence-electron chi connectivity index (χ3n) is 5.79. The van der Waals surface area contributed by atoms with Crippen LogP contribution in [0.3, 0.4) is 0 Å². The Kier molecular flexibility index (Phi) is 5.76. The Bertz CT molecular complexity index is 995. The second kappa shape index (κ2) is 8.27. The van der Waals surface area contributed by atoms with E-state index < -0.39 is 29.3 Å². The molecule has 0 bridgehead atoms. The van der Waals surface area contributed by atoms with Crippen LogP contribution in [0.25, 0.3) is 0 Å². The number of hydrogen-bond donors (Lipinski definition) is 1. The molecule has 1 aromatic rings. The van der Waals surface area contributed by atoms with Gasteiger partial charge in [0.1, 0.15) is 11.7 Å². The molecule has 1 unspecified atom stereocenters. The Hall–Kier alpha value is -3.83. The van der Waals surface area contributed by atoms with Gasteiger partial charge in [0.15, 0.2) is 5.41 Å². The van der Waals surface area contributed by atoms with Crippen molar-refractivity contribution in [3.8, 4) is 24.0 Å². The summed E-state index contributed by atoms with van der Waals surface area (Å²) in [6, 6.07) is 13.1. The van der Waals surface area contributed by atoms with Crippen molar-refractivity contribution in [1.29, 1.82) is 21.2 Å². The number of nitriles is 3. The molecule has 152 valence electrons. The number of methoxy groups -OCH3 is 1. The quantitative estimate of drug-likeness (QED) is 0.771. The van der Waals surface area contributed by atoms with E-state index in [1.807, 2.05) is 12.1 Å². The summed E-state index contributed by atoms with van der Waals surface area (Å²) < 4.78 is 10.3. The maximum atomic E-state index is 12.3. The van der Waals surface area contributed by atoms with Crippen molar-refractivity contribution >= 4 is 11.8 Å². The predicted octanol–water partition coefficient (Wildman–Crippen LogP) is 3.00. The number of carbonyl (C=O) groups excluding carboxylic acids is 1. The predicted molar refractivity (Wildman–Crippen MR) is 106 cm³/mol. The summed E-state index contributed by atoms with van der Waals surface area (Å²) >= 11 is 0. The van der Waals surface area contributed by atoms with Crippen molar-refractivity contribution in [2.75, 3.05) is 26.8 Å². The fourth-order valence-corrected chi connectivity index (χ4v) is 4.36. The first-order valence-electron chi connectivity index (χ1n) is 9.54. The molecule has 3 atom stereocenters. The van der Waals surface area contributed by atoms with Crippen LogP contribution in [-0.2, 0) is 4.74 Å². The standard InChI is InChI=1S/C22H21N5O3/c1-3-30-21(28)27-9-8-16-17(10-23)20(26)22(12-24,13-25)19(18(16)11-27)14-4-6-15(29-2)7-5-14/h4-8,17-19,26H,3,9,11H2,1-2H3/t17?,18-,19+/m0/s1. The van der Waals surface area contributed by atoms with E-state index in [4.69, 9.17) is 14.9 Å². The van der Waals surface area contributed by atoms with Gasteiger partial charge in [0.25, 0.3) is 0 Å². The molecule has 1 fully saturated rings. The zero-order valence-corrected chi connectivity index (χ0v) is 16.8. The molecule has 8 heteroatoms. The van der Waals surface area contributed by atoms with Crippen molar-refractivity contribution in [2.24, 2.45) is 17.3 Å². The fourth-order valence-electron chi connectivity index (χ4n) is 4.36. The molecular formula is C22H21N5O3. The molecular weight excluding hydrogens is 382 g/mol. The molecule has 1 amide bonds. The SMILES string of the molecule is CCOC(=O)N1CC=C2C(C#N)C(=N)C(C#N)(C#N)[C@H](c3ccc(OC)cc3)[C@H]2C1. The average molecular weight is 403 g/mol. The highest BCUT2D eigenvalue weighted by Crippen LogP contribution is 2.53. The largest absolute Gasteiger partial charge is 0.497 e. The molecule has 8 nitrogen and oxygen atoms in total. The average Bonchev–Trinajstić information content (AvgIpc) is 2.78. The molecule has 1 saturated carbocycles. The lowest BCUT2D eigenvalue weighted by atomic mass is 9.54. The number of fused-ring (bicyclic) bond motifs is 1. The van der Waals surface area contributed by atoms with Gasteiger partial charge in [0.2, 0.25) is 0 Å². The number of nitrogens with zero attached hydrogens (tertiary/aromatic N) is 4. The van der Waals surface area contributed by atoms with Crippen LogP contribution in [0, 0.1) is 56.7 Å². The highest BCUT2D eigenvalue weighted by molar-refractivity contribution is 6.01. The summed E-state index contributed by atoms with van der Waals surface area (Å²) in [6.45, 7) is 2.38. The van der Waals surface area contributed by atoms with E-state index >= 15 is 0 Å². The van der Waals surface area contributed by atoms with Crippen molar-refractivity contribution < 1.29 is 14.3 Å². The third kappa shape index (κ3) is 3.15. The minimum absolute atomic E-state index is 0.192. The molecule has 0 saturated heterocycles. The zero-order chi connectivity index (χ0) is 21.9. The molecule has 2 aliphatic rings. The zero-order valence-electron chi connectivity index (χ0n) is 16.8. The van der Waals surface area contributed by atoms with Crippen LogP contribution in [0.2, 0.25) is 0 Å². The molecule has 0 spiro atoms. The van der Waals surface area contributed by atoms with E-state index in [-0.39, 0.29) is 25.4 Å². The van der Waals surface area contributed by atoms with Crippen LogP contribution in [-0.4, -0.2) is 43.5 Å². The summed E-state index contributed by atoms with van der Waals surface area (Å²) in [7, 11) is 1.54. The Morgan fingerprint density at radius 1 is 1.27 bits per heavy atom. The lowest BCUT2D eigenvalue weighted by Crippen LogP contribution is -2.53. The molecule has 1 aromatic carbocycles. The molecule has 1 aliphatic heterocycles. The van der Waals surface area contributed by atoms with Gasteiger partial charge in [-0.15, -0.1) is 0 Å². The molecule has 3 rings (SSSR count). The summed E-state index contributed by atoms with van der Waals surface area (Å²) in [5.74, 6) is -1.56. The van der Waals surface area contributed by atoms with E-state index in [2.05, 4.69) is 6.07 Å². The monoisotopic (exact) mass is 403 g/mol. The van der Waals surface area contributed by atoms with Gasteiger partial charge in [-0.05, 0) is 30.2 Å². The van der Waals surface area contributed by atoms with E-state index in [9.17, 15) is 20.6 Å². The number of hydrogen-bond acceptors (Lipinski definition) is 7. The molecule has 0 aromatic heterocycles. The first-order valence-corrected chi connectivity index (χ1v) is 9.54. The second-order valence-corrected chi connectivity index (χ2v) is 7.17. The van der Waals surface area contributed by atoms with E-state index in [0.717, 1.165) is 0 Å². The Balaban J connectivity index is 2.17. The van der Waals surface area contributed by atoms with Crippen molar-refractivity contribution in [3.63, 3.8) is 0 Å². The normalized spacial score (nSPS) is 24.4. The van der Waals surface area contributed by atoms with E-state index in [1.165, 1.54) is 12.0 Å². The molecule has 0 radical (unpaired) electrons. The summed E-state index contributed by atoms with van der Waals surface area (Å²) in [5, 5.41) is 38.4. The van der Waals surface area contributed by atoms with Crippen molar-refractivity contribution in [1.82, 2.24) is 4.90 Å². The van der Waals surface area contributed by atoms with Gasteiger partial charge in [-0.3, -0.25) is 0 Å². The van der Waals surface area contributed by atoms with Gasteiger partial charge >= 0.3 is 6.09 Å². The number of ether oxygens (including phenoxy) is 2. The number of carbonyl (C=O) groups is 1. The van der Waals surface area contributed by atoms with Crippen LogP contribution in [0.1, 0.15) is 18.4 Å². The smallest absolute Gasteiger partial charge is 0.410 e. The van der Waals surface area contributed by atoms with Crippen LogP contribution in [0.4, 0.5) is 4.79 Å². The highest BCUT2D eigenvalue weighted by Gasteiger charge is 2.58. The number of rotatable bonds is 3. The van der Waals surface area contributed by atoms with Gasteiger partial charge in [-0.1, -0.05) is 18.2 Å². The van der Waals surface area contributed by atoms with Crippen molar-refractivity contribution in [2.45, 2.75) is 12.8 Å². The van der Waals surface area contributed by atoms with E-state index in [0.29, 0.717) is 16.9 Å². The van der Waals surface area contributed by atoms with Crippen molar-refractivity contribution in [3.05, 3.63) is 41.5 Å². The minimum atomic E-state index is -1.82. The van der Waals surface area contributed by atoms with Crippen LogP contribution in [0.15, 0.2) is 35.9 Å². The molecule has 1 aliphatic carbocycles. The minimum Gasteiger partial charge on any atom is -0.497 e. The summed E-state index contributed by atoms with van der Waals surface area (Å²) in [5.41, 5.74) is -0.705. The maximum absolute atomic E-state index is 12.3. The highest BCUT2D eigenvalue weighted by atomic mass is 16.6. The fraction of sp³-hybridized carbons (Fsp3) is 0.409. The topological polar surface area (TPSA) is 134 Å². The number of benzene rings is 1. The van der Waals surface area contributed by atoms with Gasteiger partial charge in [-0.25, -0.2) is 4.79 Å². The molecule has 1 N–H and O–H groups in total. The van der Waals surface area contributed by atoms with Crippen LogP contribution < -0.4 is 4.74 Å². The van der Waals surface area contributed by atoms with E-state index in [1.54, 1.807) is 37.3 Å². The maximum Gasteiger partial charge on any atom is 0.410 e. The Morgan fingerprint density at radius 2 is 1.93 bits per heavy atom. The van der Waals surface area contributed by atoms with Gasteiger partial charge < -0.3 is 19.8 Å². The van der Waals surface area contributed by atoms with Crippen LogP contribution >= 0.6 is 0 Å². The first kappa shape index (κ1) is 20.9. The first-order chi connectivity index (χ1) is 14.5. The van der Waals surface area contributed by atoms with Gasteiger partial charge in [0.05, 0.1) is 37.6 Å². The second-order valence-electron chi connectivity index (χ2n) is 7.17. The van der Waals surface area contributed by atoms with Crippen LogP contribution in [0.5, 0.6) is 5.75 Å². The Labute approximate surface area is 175 Å². The summed E-state index contributed by atoms with van der Waals surface area (Å²) in [6.07, 6.45) is 1.26. The lowest BCUT2D eigenvalue weighted by Gasteiger charge is -2.47. The summed E-state index contributed by atoms with van der Waals surface area (Å²) in [4.78, 5) is 13.8. The molecule has 30 heavy (non-hydrogen) atoms. The number of amides is 1. The van der Waals surface area contributed by atoms with Gasteiger partial charge in [0, 0.05) is 24.9 Å². The Morgan fingerprint density at radius 3 is 2.47 bits per heavy atom. The lowest BCUT2D eigenvalue weighted by molar-refractivity contribution is 0.0992.